The maximum atomic E-state index is 13.8. The molecule has 4 heterocycles. The van der Waals surface area contributed by atoms with Crippen LogP contribution in [0.1, 0.15) is 22.3 Å². The summed E-state index contributed by atoms with van der Waals surface area (Å²) in [5.74, 6) is 2.38. The smallest absolute Gasteiger partial charge is 0.253 e. The number of benzene rings is 2. The van der Waals surface area contributed by atoms with Crippen molar-refractivity contribution in [1.29, 1.82) is 0 Å². The van der Waals surface area contributed by atoms with E-state index < -0.39 is 0 Å². The number of aromatic amines is 1. The van der Waals surface area contributed by atoms with Gasteiger partial charge in [-0.05, 0) is 66.3 Å². The van der Waals surface area contributed by atoms with Gasteiger partial charge in [0.15, 0.2) is 0 Å². The Kier molecular flexibility index (Phi) is 5.83. The Morgan fingerprint density at radius 1 is 0.921 bits per heavy atom. The average molecular weight is 515 g/mol. The molecule has 3 aromatic rings. The van der Waals surface area contributed by atoms with Gasteiger partial charge in [-0.2, -0.15) is 15.4 Å². The third kappa shape index (κ3) is 3.86. The minimum absolute atomic E-state index is 0.00527. The highest BCUT2D eigenvalue weighted by Crippen LogP contribution is 2.54. The zero-order chi connectivity index (χ0) is 25.8. The first-order valence-corrected chi connectivity index (χ1v) is 13.8. The largest absolute Gasteiger partial charge is 0.385 e. The molecule has 1 aliphatic carbocycles. The van der Waals surface area contributed by atoms with Gasteiger partial charge in [0.1, 0.15) is 11.0 Å². The molecule has 2 aromatic carbocycles. The molecule has 2 amide bonds. The normalized spacial score (nSPS) is 27.7. The summed E-state index contributed by atoms with van der Waals surface area (Å²) < 4.78 is 5.27. The second-order valence-corrected chi connectivity index (χ2v) is 11.5. The van der Waals surface area contributed by atoms with Crippen LogP contribution in [0.15, 0.2) is 42.5 Å². The van der Waals surface area contributed by atoms with E-state index in [0.29, 0.717) is 40.7 Å². The molecule has 9 heteroatoms. The van der Waals surface area contributed by atoms with E-state index >= 15 is 0 Å². The number of aromatic nitrogens is 3. The fourth-order valence-electron chi connectivity index (χ4n) is 7.60. The Morgan fingerprint density at radius 3 is 2.39 bits per heavy atom. The predicted molar refractivity (Wildman–Crippen MR) is 143 cm³/mol. The highest BCUT2D eigenvalue weighted by Gasteiger charge is 2.59. The molecule has 4 aliphatic rings. The van der Waals surface area contributed by atoms with Gasteiger partial charge in [-0.1, -0.05) is 18.2 Å². The van der Waals surface area contributed by atoms with Crippen LogP contribution in [0.5, 0.6) is 0 Å². The van der Waals surface area contributed by atoms with Crippen LogP contribution in [0.4, 0.5) is 5.69 Å². The summed E-state index contributed by atoms with van der Waals surface area (Å²) in [4.78, 5) is 33.5. The number of ether oxygens (including phenoxy) is 1. The second kappa shape index (κ2) is 9.38. The number of nitrogens with zero attached hydrogens (tertiary/aromatic N) is 5. The lowest BCUT2D eigenvalue weighted by atomic mass is 9.60. The first kappa shape index (κ1) is 23.6. The summed E-state index contributed by atoms with van der Waals surface area (Å²) in [6.07, 6.45) is 1.76. The van der Waals surface area contributed by atoms with Crippen LogP contribution >= 0.6 is 0 Å². The van der Waals surface area contributed by atoms with E-state index in [1.807, 2.05) is 23.1 Å². The van der Waals surface area contributed by atoms with Crippen LogP contribution in [0.25, 0.3) is 11.0 Å². The molecule has 198 valence electrons. The van der Waals surface area contributed by atoms with Crippen LogP contribution < -0.4 is 4.90 Å². The van der Waals surface area contributed by atoms with Gasteiger partial charge in [0.05, 0.1) is 5.92 Å². The van der Waals surface area contributed by atoms with Crippen molar-refractivity contribution in [3.8, 4) is 0 Å². The van der Waals surface area contributed by atoms with Gasteiger partial charge in [0, 0.05) is 64.2 Å². The van der Waals surface area contributed by atoms with Crippen molar-refractivity contribution >= 4 is 28.5 Å². The van der Waals surface area contributed by atoms with E-state index in [2.05, 4.69) is 49.5 Å². The fraction of sp³-hybridized carbons (Fsp3) is 0.517. The molecule has 38 heavy (non-hydrogen) atoms. The average Bonchev–Trinajstić information content (AvgIpc) is 3.66. The van der Waals surface area contributed by atoms with Gasteiger partial charge in [0.25, 0.3) is 5.91 Å². The van der Waals surface area contributed by atoms with Gasteiger partial charge < -0.3 is 19.4 Å². The monoisotopic (exact) mass is 514 g/mol. The zero-order valence-electron chi connectivity index (χ0n) is 21.8. The Morgan fingerprint density at radius 2 is 1.63 bits per heavy atom. The first-order valence-electron chi connectivity index (χ1n) is 13.8. The van der Waals surface area contributed by atoms with Gasteiger partial charge in [-0.3, -0.25) is 9.59 Å². The van der Waals surface area contributed by atoms with Gasteiger partial charge in [-0.15, -0.1) is 0 Å². The number of para-hydroxylation sites is 1. The lowest BCUT2D eigenvalue weighted by Crippen LogP contribution is -2.45. The number of hydrogen-bond donors (Lipinski definition) is 1. The van der Waals surface area contributed by atoms with E-state index in [9.17, 15) is 9.59 Å². The molecule has 1 saturated carbocycles. The number of H-pyrrole nitrogens is 1. The van der Waals surface area contributed by atoms with Crippen LogP contribution in [0.2, 0.25) is 0 Å². The van der Waals surface area contributed by atoms with Crippen LogP contribution in [-0.4, -0.2) is 90.0 Å². The number of carbonyl (C=O) groups is 2. The highest BCUT2D eigenvalue weighted by atomic mass is 16.5. The molecule has 3 aliphatic heterocycles. The molecule has 1 aromatic heterocycles. The number of fused-ring (bicyclic) bond motifs is 6. The molecule has 9 nitrogen and oxygen atoms in total. The van der Waals surface area contributed by atoms with Crippen LogP contribution in [-0.2, 0) is 16.0 Å². The molecule has 0 bridgehead atoms. The molecule has 1 N–H and O–H groups in total. The van der Waals surface area contributed by atoms with Gasteiger partial charge >= 0.3 is 0 Å². The Balaban J connectivity index is 0.994. The van der Waals surface area contributed by atoms with E-state index in [1.54, 1.807) is 7.11 Å². The summed E-state index contributed by atoms with van der Waals surface area (Å²) in [5, 5.41) is 10.8. The number of anilines is 1. The molecule has 0 radical (unpaired) electrons. The topological polar surface area (TPSA) is 94.7 Å². The highest BCUT2D eigenvalue weighted by molar-refractivity contribution is 5.97. The number of likely N-dealkylation sites (tertiary alicyclic amines) is 2. The lowest BCUT2D eigenvalue weighted by Gasteiger charge is -2.42. The summed E-state index contributed by atoms with van der Waals surface area (Å²) in [6.45, 7) is 5.64. The molecular formula is C29H34N6O3. The minimum atomic E-state index is -0.00527. The quantitative estimate of drug-likeness (QED) is 0.508. The molecule has 2 saturated heterocycles. The van der Waals surface area contributed by atoms with E-state index in [0.717, 1.165) is 64.2 Å². The molecule has 3 fully saturated rings. The lowest BCUT2D eigenvalue weighted by molar-refractivity contribution is -0.134. The fourth-order valence-corrected chi connectivity index (χ4v) is 7.60. The first-order chi connectivity index (χ1) is 18.6. The molecular weight excluding hydrogens is 480 g/mol. The minimum Gasteiger partial charge on any atom is -0.385 e. The maximum absolute atomic E-state index is 13.8. The zero-order valence-corrected chi connectivity index (χ0v) is 21.8. The van der Waals surface area contributed by atoms with Crippen molar-refractivity contribution < 1.29 is 14.3 Å². The SMILES string of the molecule is COCCCN1CC(C(=O)N2C[C@@H]3[C@H]4CN(C(=O)c5ccc6n[nH]nc6c5)C[C@H]4[C@@H]3C2)Cc2ccccc21. The number of nitrogens with one attached hydrogen (secondary N) is 1. The Labute approximate surface area is 222 Å². The number of hydrogen-bond acceptors (Lipinski definition) is 6. The van der Waals surface area contributed by atoms with Gasteiger partial charge in [0.2, 0.25) is 5.91 Å². The molecule has 7 rings (SSSR count). The number of carbonyl (C=O) groups excluding carboxylic acids is 2. The van der Waals surface area contributed by atoms with Crippen molar-refractivity contribution in [2.75, 3.05) is 57.9 Å². The summed E-state index contributed by atoms with van der Waals surface area (Å²) in [7, 11) is 1.74. The van der Waals surface area contributed by atoms with Crippen molar-refractivity contribution in [1.82, 2.24) is 25.2 Å². The molecule has 0 spiro atoms. The predicted octanol–water partition coefficient (Wildman–Crippen LogP) is 2.45. The summed E-state index contributed by atoms with van der Waals surface area (Å²) in [5.41, 5.74) is 4.68. The van der Waals surface area contributed by atoms with Crippen molar-refractivity contribution in [3.63, 3.8) is 0 Å². The van der Waals surface area contributed by atoms with Crippen molar-refractivity contribution in [2.45, 2.75) is 12.8 Å². The second-order valence-electron chi connectivity index (χ2n) is 11.5. The van der Waals surface area contributed by atoms with Gasteiger partial charge in [-0.25, -0.2) is 0 Å². The van der Waals surface area contributed by atoms with E-state index in [4.69, 9.17) is 4.74 Å². The molecule has 1 unspecified atom stereocenters. The van der Waals surface area contributed by atoms with E-state index in [-0.39, 0.29) is 11.8 Å². The van der Waals surface area contributed by atoms with Crippen molar-refractivity contribution in [3.05, 3.63) is 53.6 Å². The third-order valence-corrected chi connectivity index (χ3v) is 9.45. The number of rotatable bonds is 6. The summed E-state index contributed by atoms with van der Waals surface area (Å²) >= 11 is 0. The standard InChI is InChI=1S/C29H34N6O3/c1-38-10-4-9-33-13-20(11-18-5-2-3-6-27(18)33)29(37)35-16-23-21-14-34(15-22(21)24(23)17-35)28(36)19-7-8-25-26(12-19)31-32-30-25/h2-3,5-8,12,20-24H,4,9-11,13-17H2,1H3,(H,30,31,32)/t20?,21-,22+,23+,24-. The number of amides is 2. The number of methoxy groups -OCH3 is 1. The Bertz CT molecular complexity index is 1350. The summed E-state index contributed by atoms with van der Waals surface area (Å²) in [6, 6.07) is 14.0. The Hall–Kier alpha value is -3.46. The molecule has 5 atom stereocenters. The van der Waals surface area contributed by atoms with Crippen LogP contribution in [0, 0.1) is 29.6 Å². The van der Waals surface area contributed by atoms with Crippen LogP contribution in [0.3, 0.4) is 0 Å². The van der Waals surface area contributed by atoms with E-state index in [1.165, 1.54) is 11.3 Å². The maximum Gasteiger partial charge on any atom is 0.253 e. The third-order valence-electron chi connectivity index (χ3n) is 9.45. The van der Waals surface area contributed by atoms with Crippen molar-refractivity contribution in [2.24, 2.45) is 29.6 Å².